The van der Waals surface area contributed by atoms with Crippen LogP contribution in [-0.4, -0.2) is 59.3 Å². The van der Waals surface area contributed by atoms with Crippen LogP contribution >= 0.6 is 0 Å². The number of hydrogen-bond acceptors (Lipinski definition) is 8. The van der Waals surface area contributed by atoms with Crippen molar-refractivity contribution in [3.63, 3.8) is 0 Å². The van der Waals surface area contributed by atoms with Gasteiger partial charge in [-0.15, -0.1) is 10.2 Å². The number of carbonyl (C=O) groups excluding carboxylic acids is 1. The number of aryl methyl sites for hydroxylation is 2. The summed E-state index contributed by atoms with van der Waals surface area (Å²) in [7, 11) is 3.57. The Hall–Kier alpha value is -4.30. The van der Waals surface area contributed by atoms with Crippen LogP contribution < -0.4 is 10.2 Å². The standard InChI is InChI=1S/C29H31F3N8O3/c1-4-33-23-10-18(25-20(12-35-39(25)3)26-37-34-16-38(26)2)11-24(36-23)40-13-21-19(27(40)41)8-17(9-22(21)29(30,31)32)14-43-15-28(42)6-5-7-28/h8-12,16,42H,4-7,13-15H2,1-3H3,(H,33,36). The molecule has 0 bridgehead atoms. The second-order valence-corrected chi connectivity index (χ2v) is 11.1. The topological polar surface area (TPSA) is 123 Å². The number of amides is 1. The maximum absolute atomic E-state index is 14.3. The molecule has 1 aliphatic carbocycles. The highest BCUT2D eigenvalue weighted by Gasteiger charge is 2.41. The average molecular weight is 597 g/mol. The van der Waals surface area contributed by atoms with E-state index in [4.69, 9.17) is 4.74 Å². The van der Waals surface area contributed by atoms with E-state index in [1.807, 2.05) is 6.92 Å². The molecule has 2 aliphatic rings. The van der Waals surface area contributed by atoms with Crippen molar-refractivity contribution in [2.75, 3.05) is 23.4 Å². The van der Waals surface area contributed by atoms with Gasteiger partial charge in [-0.25, -0.2) is 4.98 Å². The quantitative estimate of drug-likeness (QED) is 0.293. The van der Waals surface area contributed by atoms with Crippen molar-refractivity contribution in [2.45, 2.75) is 51.1 Å². The lowest BCUT2D eigenvalue weighted by Gasteiger charge is -2.36. The Kier molecular flexibility index (Phi) is 7.21. The maximum Gasteiger partial charge on any atom is 0.416 e. The van der Waals surface area contributed by atoms with E-state index in [-0.39, 0.29) is 42.3 Å². The summed E-state index contributed by atoms with van der Waals surface area (Å²) in [5.41, 5.74) is 0.229. The van der Waals surface area contributed by atoms with Gasteiger partial charge >= 0.3 is 6.18 Å². The molecule has 226 valence electrons. The summed E-state index contributed by atoms with van der Waals surface area (Å²) in [6.45, 7) is 1.99. The van der Waals surface area contributed by atoms with Gasteiger partial charge in [0, 0.05) is 31.8 Å². The van der Waals surface area contributed by atoms with E-state index in [9.17, 15) is 23.1 Å². The molecule has 0 unspecified atom stereocenters. The fourth-order valence-corrected chi connectivity index (χ4v) is 5.61. The first kappa shape index (κ1) is 28.8. The number of fused-ring (bicyclic) bond motifs is 1. The van der Waals surface area contributed by atoms with Gasteiger partial charge in [-0.1, -0.05) is 0 Å². The van der Waals surface area contributed by atoms with Crippen LogP contribution in [0.15, 0.2) is 36.8 Å². The lowest BCUT2D eigenvalue weighted by atomic mass is 9.81. The molecule has 1 fully saturated rings. The molecule has 4 aromatic rings. The number of ether oxygens (including phenoxy) is 1. The number of alkyl halides is 3. The number of aliphatic hydroxyl groups is 1. The van der Waals surface area contributed by atoms with E-state index in [1.54, 1.807) is 48.0 Å². The highest BCUT2D eigenvalue weighted by Crippen LogP contribution is 2.41. The number of nitrogens with zero attached hydrogens (tertiary/aromatic N) is 7. The number of carbonyl (C=O) groups is 1. The number of benzene rings is 1. The fraction of sp³-hybridized carbons (Fsp3) is 0.414. The van der Waals surface area contributed by atoms with E-state index in [0.29, 0.717) is 47.8 Å². The lowest BCUT2D eigenvalue weighted by molar-refractivity contribution is -0.138. The summed E-state index contributed by atoms with van der Waals surface area (Å²) in [6, 6.07) is 5.93. The molecule has 1 aliphatic heterocycles. The number of anilines is 2. The van der Waals surface area contributed by atoms with Gasteiger partial charge in [0.2, 0.25) is 0 Å². The van der Waals surface area contributed by atoms with E-state index < -0.39 is 23.2 Å². The summed E-state index contributed by atoms with van der Waals surface area (Å²) in [5.74, 6) is 0.622. The van der Waals surface area contributed by atoms with Gasteiger partial charge in [-0.05, 0) is 61.6 Å². The molecule has 0 radical (unpaired) electrons. The van der Waals surface area contributed by atoms with Crippen molar-refractivity contribution in [1.82, 2.24) is 29.5 Å². The van der Waals surface area contributed by atoms with Crippen LogP contribution in [0.2, 0.25) is 0 Å². The first-order valence-corrected chi connectivity index (χ1v) is 13.9. The highest BCUT2D eigenvalue weighted by molar-refractivity contribution is 6.10. The molecule has 1 saturated carbocycles. The molecular formula is C29H31F3N8O3. The van der Waals surface area contributed by atoms with Gasteiger partial charge in [0.15, 0.2) is 5.82 Å². The number of halogens is 3. The van der Waals surface area contributed by atoms with Crippen molar-refractivity contribution in [3.8, 4) is 22.6 Å². The van der Waals surface area contributed by atoms with Crippen LogP contribution in [0.4, 0.5) is 24.8 Å². The summed E-state index contributed by atoms with van der Waals surface area (Å²) < 4.78 is 51.8. The van der Waals surface area contributed by atoms with Gasteiger partial charge in [-0.3, -0.25) is 14.4 Å². The number of aromatic nitrogens is 6. The molecule has 6 rings (SSSR count). The van der Waals surface area contributed by atoms with Crippen LogP contribution in [0.1, 0.15) is 53.2 Å². The molecular weight excluding hydrogens is 565 g/mol. The molecule has 1 amide bonds. The molecule has 11 nitrogen and oxygen atoms in total. The Balaban J connectivity index is 1.38. The van der Waals surface area contributed by atoms with E-state index in [0.717, 1.165) is 12.5 Å². The van der Waals surface area contributed by atoms with Gasteiger partial charge in [0.05, 0.1) is 48.4 Å². The minimum atomic E-state index is -4.69. The molecule has 1 aromatic carbocycles. The third-order valence-electron chi connectivity index (χ3n) is 7.94. The summed E-state index contributed by atoms with van der Waals surface area (Å²) >= 11 is 0. The van der Waals surface area contributed by atoms with Crippen LogP contribution in [0.3, 0.4) is 0 Å². The predicted octanol–water partition coefficient (Wildman–Crippen LogP) is 4.32. The second kappa shape index (κ2) is 10.8. The maximum atomic E-state index is 14.3. The van der Waals surface area contributed by atoms with Crippen LogP contribution in [0, 0.1) is 0 Å². The Morgan fingerprint density at radius 2 is 1.93 bits per heavy atom. The van der Waals surface area contributed by atoms with Crippen molar-refractivity contribution in [2.24, 2.45) is 14.1 Å². The van der Waals surface area contributed by atoms with Gasteiger partial charge in [0.25, 0.3) is 5.91 Å². The number of rotatable bonds is 9. The molecule has 3 aromatic heterocycles. The molecule has 43 heavy (non-hydrogen) atoms. The molecule has 14 heteroatoms. The van der Waals surface area contributed by atoms with E-state index in [2.05, 4.69) is 25.6 Å². The summed E-state index contributed by atoms with van der Waals surface area (Å²) in [4.78, 5) is 19.6. The van der Waals surface area contributed by atoms with Gasteiger partial charge in [0.1, 0.15) is 18.0 Å². The van der Waals surface area contributed by atoms with Crippen LogP contribution in [-0.2, 0) is 38.2 Å². The monoisotopic (exact) mass is 596 g/mol. The first-order valence-electron chi connectivity index (χ1n) is 13.9. The van der Waals surface area contributed by atoms with Crippen molar-refractivity contribution in [1.29, 1.82) is 0 Å². The van der Waals surface area contributed by atoms with Crippen LogP contribution in [0.5, 0.6) is 0 Å². The van der Waals surface area contributed by atoms with E-state index >= 15 is 0 Å². The predicted molar refractivity (Wildman–Crippen MR) is 151 cm³/mol. The third-order valence-corrected chi connectivity index (χ3v) is 7.94. The second-order valence-electron chi connectivity index (χ2n) is 11.1. The average Bonchev–Trinajstić information content (AvgIpc) is 3.63. The lowest BCUT2D eigenvalue weighted by Crippen LogP contribution is -2.41. The minimum Gasteiger partial charge on any atom is -0.387 e. The number of pyridine rings is 1. The number of hydrogen-bond donors (Lipinski definition) is 2. The minimum absolute atomic E-state index is 0.0275. The van der Waals surface area contributed by atoms with Crippen molar-refractivity contribution in [3.05, 3.63) is 59.0 Å². The molecule has 0 spiro atoms. The van der Waals surface area contributed by atoms with Gasteiger partial charge in [-0.2, -0.15) is 18.3 Å². The SMILES string of the molecule is CCNc1cc(-c2c(-c3nncn3C)cnn2C)cc(N2Cc3c(cc(COCC4(O)CCC4)cc3C(F)(F)F)C2=O)n1. The molecule has 4 heterocycles. The molecule has 0 atom stereocenters. The normalized spacial score (nSPS) is 16.0. The van der Waals surface area contributed by atoms with Crippen molar-refractivity contribution >= 4 is 17.5 Å². The Morgan fingerprint density at radius 3 is 2.58 bits per heavy atom. The smallest absolute Gasteiger partial charge is 0.387 e. The largest absolute Gasteiger partial charge is 0.416 e. The third kappa shape index (κ3) is 5.36. The van der Waals surface area contributed by atoms with Crippen LogP contribution in [0.25, 0.3) is 22.6 Å². The summed E-state index contributed by atoms with van der Waals surface area (Å²) in [6.07, 6.45) is 0.615. The zero-order chi connectivity index (χ0) is 30.5. The Labute approximate surface area is 245 Å². The zero-order valence-electron chi connectivity index (χ0n) is 23.9. The number of nitrogens with one attached hydrogen (secondary N) is 1. The fourth-order valence-electron chi connectivity index (χ4n) is 5.61. The van der Waals surface area contributed by atoms with E-state index in [1.165, 1.54) is 11.0 Å². The van der Waals surface area contributed by atoms with Gasteiger partial charge < -0.3 is 19.7 Å². The van der Waals surface area contributed by atoms with Crippen molar-refractivity contribution < 1.29 is 27.8 Å². The Bertz CT molecular complexity index is 1690. The zero-order valence-corrected chi connectivity index (χ0v) is 23.9. The summed E-state index contributed by atoms with van der Waals surface area (Å²) in [5, 5.41) is 26.0. The molecule has 2 N–H and O–H groups in total. The molecule has 0 saturated heterocycles. The Morgan fingerprint density at radius 1 is 1.14 bits per heavy atom. The first-order chi connectivity index (χ1) is 20.5. The highest BCUT2D eigenvalue weighted by atomic mass is 19.4.